The Hall–Kier alpha value is -2.46. The van der Waals surface area contributed by atoms with E-state index >= 15 is 0 Å². The maximum atomic E-state index is 12.6. The van der Waals surface area contributed by atoms with Gasteiger partial charge in [-0.25, -0.2) is 9.97 Å². The van der Waals surface area contributed by atoms with E-state index in [2.05, 4.69) is 20.4 Å². The summed E-state index contributed by atoms with van der Waals surface area (Å²) >= 11 is 7.63. The van der Waals surface area contributed by atoms with Gasteiger partial charge in [0.2, 0.25) is 0 Å². The fourth-order valence-electron chi connectivity index (χ4n) is 2.16. The van der Waals surface area contributed by atoms with Crippen LogP contribution in [0.3, 0.4) is 0 Å². The van der Waals surface area contributed by atoms with E-state index in [-0.39, 0.29) is 10.8 Å². The van der Waals surface area contributed by atoms with Gasteiger partial charge in [0.15, 0.2) is 5.82 Å². The topological polar surface area (TPSA) is 72.7 Å². The number of alkyl halides is 3. The SMILES string of the molecule is CCc1cnc(CNc2cnn(-c3ccc(C(F)(F)F)cn3)c(=O)c2Cl)s1. The van der Waals surface area contributed by atoms with Crippen molar-refractivity contribution in [3.63, 3.8) is 0 Å². The van der Waals surface area contributed by atoms with Crippen LogP contribution < -0.4 is 10.9 Å². The number of nitrogens with one attached hydrogen (secondary N) is 1. The van der Waals surface area contributed by atoms with Crippen LogP contribution >= 0.6 is 22.9 Å². The predicted molar refractivity (Wildman–Crippen MR) is 96.5 cm³/mol. The lowest BCUT2D eigenvalue weighted by Gasteiger charge is -2.10. The molecule has 0 radical (unpaired) electrons. The van der Waals surface area contributed by atoms with Crippen LogP contribution in [-0.2, 0) is 19.1 Å². The molecule has 0 spiro atoms. The Morgan fingerprint density at radius 2 is 2.00 bits per heavy atom. The molecule has 0 aromatic carbocycles. The van der Waals surface area contributed by atoms with Crippen LogP contribution in [0.4, 0.5) is 18.9 Å². The summed E-state index contributed by atoms with van der Waals surface area (Å²) in [5.74, 6) is -0.0611. The maximum Gasteiger partial charge on any atom is 0.417 e. The number of rotatable bonds is 5. The van der Waals surface area contributed by atoms with Gasteiger partial charge in [-0.15, -0.1) is 11.3 Å². The normalized spacial score (nSPS) is 11.6. The molecule has 0 fully saturated rings. The molecular formula is C16H13ClF3N5OS. The van der Waals surface area contributed by atoms with E-state index in [0.717, 1.165) is 33.1 Å². The Balaban J connectivity index is 1.81. The van der Waals surface area contributed by atoms with Gasteiger partial charge in [-0.1, -0.05) is 18.5 Å². The lowest BCUT2D eigenvalue weighted by Crippen LogP contribution is -2.23. The first-order valence-electron chi connectivity index (χ1n) is 7.78. The molecule has 0 atom stereocenters. The second kappa shape index (κ2) is 7.65. The highest BCUT2D eigenvalue weighted by Crippen LogP contribution is 2.28. The van der Waals surface area contributed by atoms with Gasteiger partial charge in [-0.3, -0.25) is 4.79 Å². The molecule has 1 N–H and O–H groups in total. The molecule has 3 heterocycles. The van der Waals surface area contributed by atoms with Crippen molar-refractivity contribution in [3.05, 3.63) is 61.5 Å². The van der Waals surface area contributed by atoms with Crippen molar-refractivity contribution >= 4 is 28.6 Å². The van der Waals surface area contributed by atoms with Crippen molar-refractivity contribution in [1.29, 1.82) is 0 Å². The van der Waals surface area contributed by atoms with Crippen LogP contribution in [0.15, 0.2) is 35.5 Å². The molecule has 0 aliphatic rings. The lowest BCUT2D eigenvalue weighted by atomic mass is 10.3. The summed E-state index contributed by atoms with van der Waals surface area (Å²) in [5.41, 5.74) is -1.31. The van der Waals surface area contributed by atoms with Gasteiger partial charge >= 0.3 is 6.18 Å². The molecule has 6 nitrogen and oxygen atoms in total. The third-order valence-corrected chi connectivity index (χ3v) is 5.10. The summed E-state index contributed by atoms with van der Waals surface area (Å²) < 4.78 is 38.7. The molecule has 0 unspecified atom stereocenters. The number of hydrogen-bond acceptors (Lipinski definition) is 6. The number of pyridine rings is 1. The molecule has 0 aliphatic carbocycles. The third kappa shape index (κ3) is 4.28. The number of halogens is 4. The average Bonchev–Trinajstić information content (AvgIpc) is 3.10. The highest BCUT2D eigenvalue weighted by molar-refractivity contribution is 7.11. The van der Waals surface area contributed by atoms with E-state index in [9.17, 15) is 18.0 Å². The molecule has 0 aliphatic heterocycles. The lowest BCUT2D eigenvalue weighted by molar-refractivity contribution is -0.137. The Bertz CT molecular complexity index is 1000. The van der Waals surface area contributed by atoms with Gasteiger partial charge in [0.25, 0.3) is 5.56 Å². The molecule has 11 heteroatoms. The van der Waals surface area contributed by atoms with Crippen LogP contribution in [0.1, 0.15) is 22.4 Å². The van der Waals surface area contributed by atoms with Gasteiger partial charge in [-0.2, -0.15) is 23.0 Å². The minimum Gasteiger partial charge on any atom is -0.376 e. The zero-order chi connectivity index (χ0) is 19.6. The Morgan fingerprint density at radius 3 is 2.59 bits per heavy atom. The third-order valence-electron chi connectivity index (χ3n) is 3.59. The maximum absolute atomic E-state index is 12.6. The molecule has 0 saturated heterocycles. The van der Waals surface area contributed by atoms with Gasteiger partial charge in [-0.05, 0) is 18.6 Å². The van der Waals surface area contributed by atoms with Crippen LogP contribution in [0.5, 0.6) is 0 Å². The molecule has 142 valence electrons. The van der Waals surface area contributed by atoms with E-state index in [4.69, 9.17) is 11.6 Å². The summed E-state index contributed by atoms with van der Waals surface area (Å²) in [4.78, 5) is 21.4. The number of aryl methyl sites for hydroxylation is 1. The summed E-state index contributed by atoms with van der Waals surface area (Å²) in [5, 5.41) is 7.61. The van der Waals surface area contributed by atoms with E-state index in [0.29, 0.717) is 18.4 Å². The predicted octanol–water partition coefficient (Wildman–Crippen LogP) is 3.93. The van der Waals surface area contributed by atoms with E-state index in [1.54, 1.807) is 17.5 Å². The monoisotopic (exact) mass is 415 g/mol. The first-order valence-corrected chi connectivity index (χ1v) is 8.98. The summed E-state index contributed by atoms with van der Waals surface area (Å²) in [6.45, 7) is 2.40. The highest BCUT2D eigenvalue weighted by atomic mass is 35.5. The first kappa shape index (κ1) is 19.3. The minimum atomic E-state index is -4.51. The molecule has 0 bridgehead atoms. The van der Waals surface area contributed by atoms with Crippen molar-refractivity contribution in [3.8, 4) is 5.82 Å². The number of aromatic nitrogens is 4. The van der Waals surface area contributed by atoms with E-state index < -0.39 is 17.3 Å². The molecule has 0 amide bonds. The molecule has 3 rings (SSSR count). The second-order valence-electron chi connectivity index (χ2n) is 5.42. The van der Waals surface area contributed by atoms with Gasteiger partial charge in [0, 0.05) is 17.3 Å². The standard InChI is InChI=1S/C16H13ClF3N5OS/c1-2-10-6-23-13(27-10)8-21-11-7-24-25(15(26)14(11)17)12-4-3-9(5-22-12)16(18,19)20/h3-7,21H,2,8H2,1H3. The molecule has 27 heavy (non-hydrogen) atoms. The van der Waals surface area contributed by atoms with Crippen molar-refractivity contribution in [2.45, 2.75) is 26.1 Å². The van der Waals surface area contributed by atoms with Crippen LogP contribution in [-0.4, -0.2) is 19.7 Å². The first-order chi connectivity index (χ1) is 12.8. The second-order valence-corrected chi connectivity index (χ2v) is 7.00. The van der Waals surface area contributed by atoms with Crippen LogP contribution in [0, 0.1) is 0 Å². The van der Waals surface area contributed by atoms with Crippen molar-refractivity contribution in [1.82, 2.24) is 19.7 Å². The number of anilines is 1. The Labute approximate surface area is 160 Å². The number of hydrogen-bond donors (Lipinski definition) is 1. The molecular weight excluding hydrogens is 403 g/mol. The van der Waals surface area contributed by atoms with Crippen LogP contribution in [0.25, 0.3) is 5.82 Å². The van der Waals surface area contributed by atoms with E-state index in [1.807, 2.05) is 6.92 Å². The highest BCUT2D eigenvalue weighted by Gasteiger charge is 2.30. The summed E-state index contributed by atoms with van der Waals surface area (Å²) in [6.07, 6.45) is 0.115. The zero-order valence-electron chi connectivity index (χ0n) is 13.9. The zero-order valence-corrected chi connectivity index (χ0v) is 15.5. The molecule has 3 aromatic rings. The minimum absolute atomic E-state index is 0.0611. The van der Waals surface area contributed by atoms with Gasteiger partial charge in [0.05, 0.1) is 24.0 Å². The quantitative estimate of drug-likeness (QED) is 0.683. The number of nitrogens with zero attached hydrogens (tertiary/aromatic N) is 4. The summed E-state index contributed by atoms with van der Waals surface area (Å²) in [7, 11) is 0. The Kier molecular flexibility index (Phi) is 5.47. The largest absolute Gasteiger partial charge is 0.417 e. The Morgan fingerprint density at radius 1 is 1.22 bits per heavy atom. The fraction of sp³-hybridized carbons (Fsp3) is 0.250. The smallest absolute Gasteiger partial charge is 0.376 e. The van der Waals surface area contributed by atoms with Crippen LogP contribution in [0.2, 0.25) is 5.02 Å². The average molecular weight is 416 g/mol. The van der Waals surface area contributed by atoms with E-state index in [1.165, 1.54) is 6.20 Å². The van der Waals surface area contributed by atoms with Gasteiger partial charge in [0.1, 0.15) is 10.0 Å². The van der Waals surface area contributed by atoms with Crippen molar-refractivity contribution in [2.75, 3.05) is 5.32 Å². The van der Waals surface area contributed by atoms with Crippen molar-refractivity contribution < 1.29 is 13.2 Å². The van der Waals surface area contributed by atoms with Gasteiger partial charge < -0.3 is 5.32 Å². The fourth-order valence-corrected chi connectivity index (χ4v) is 3.16. The molecule has 3 aromatic heterocycles. The van der Waals surface area contributed by atoms with Crippen molar-refractivity contribution in [2.24, 2.45) is 0 Å². The summed E-state index contributed by atoms with van der Waals surface area (Å²) in [6, 6.07) is 1.88. The number of thiazole rings is 1. The molecule has 0 saturated carbocycles.